The first-order chi connectivity index (χ1) is 10.3. The quantitative estimate of drug-likeness (QED) is 0.493. The van der Waals surface area contributed by atoms with Gasteiger partial charge in [0.2, 0.25) is 5.43 Å². The molecule has 0 fully saturated rings. The fourth-order valence-corrected chi connectivity index (χ4v) is 4.72. The summed E-state index contributed by atoms with van der Waals surface area (Å²) in [5.41, 5.74) is 1.70. The third-order valence-electron chi connectivity index (χ3n) is 3.61. The van der Waals surface area contributed by atoms with Gasteiger partial charge in [-0.15, -0.1) is 24.3 Å². The molecule has 0 saturated carbocycles. The number of fused-ring (bicyclic) bond motifs is 2. The molecule has 0 aromatic carbocycles. The van der Waals surface area contributed by atoms with E-state index < -0.39 is 0 Å². The topological polar surface area (TPSA) is 34.9 Å². The Bertz CT molecular complexity index is 795. The standard InChI is InChI=1S/C16H16N2OS2/c1-3-9-18-15-13(17-16(18)20-10-4-2)14(19)11-7-5-6-8-12(11)21-15/h2-3H,1,5-10H2. The summed E-state index contributed by atoms with van der Waals surface area (Å²) in [5, 5.41) is 0.818. The Hall–Kier alpha value is -1.51. The first-order valence-corrected chi connectivity index (χ1v) is 8.78. The minimum absolute atomic E-state index is 0.115. The number of hydrogen-bond donors (Lipinski definition) is 0. The monoisotopic (exact) mass is 316 g/mol. The fraction of sp³-hybridized carbons (Fsp3) is 0.375. The Kier molecular flexibility index (Phi) is 4.18. The molecule has 0 unspecified atom stereocenters. The average molecular weight is 316 g/mol. The highest BCUT2D eigenvalue weighted by atomic mass is 32.2. The molecule has 0 atom stereocenters. The molecule has 1 aliphatic carbocycles. The lowest BCUT2D eigenvalue weighted by Gasteiger charge is -2.13. The van der Waals surface area contributed by atoms with Crippen LogP contribution in [-0.2, 0) is 19.4 Å². The van der Waals surface area contributed by atoms with E-state index in [2.05, 4.69) is 22.1 Å². The zero-order valence-corrected chi connectivity index (χ0v) is 13.4. The van der Waals surface area contributed by atoms with Gasteiger partial charge in [0, 0.05) is 17.0 Å². The van der Waals surface area contributed by atoms with Crippen LogP contribution in [0.2, 0.25) is 0 Å². The van der Waals surface area contributed by atoms with Crippen molar-refractivity contribution < 1.29 is 0 Å². The summed E-state index contributed by atoms with van der Waals surface area (Å²) >= 11 is 3.21. The van der Waals surface area contributed by atoms with Gasteiger partial charge in [0.25, 0.3) is 0 Å². The van der Waals surface area contributed by atoms with E-state index in [4.69, 9.17) is 6.42 Å². The van der Waals surface area contributed by atoms with Crippen molar-refractivity contribution in [2.45, 2.75) is 37.4 Å². The Labute approximate surface area is 132 Å². The van der Waals surface area contributed by atoms with E-state index in [1.54, 1.807) is 11.3 Å². The van der Waals surface area contributed by atoms with Gasteiger partial charge in [-0.1, -0.05) is 23.8 Å². The van der Waals surface area contributed by atoms with Gasteiger partial charge < -0.3 is 4.57 Å². The van der Waals surface area contributed by atoms with E-state index in [0.29, 0.717) is 17.8 Å². The molecule has 1 aliphatic rings. The Balaban J connectivity index is 2.23. The van der Waals surface area contributed by atoms with Crippen LogP contribution in [0.3, 0.4) is 0 Å². The van der Waals surface area contributed by atoms with Crippen LogP contribution < -0.4 is 5.43 Å². The molecule has 108 valence electrons. The van der Waals surface area contributed by atoms with Crippen molar-refractivity contribution in [1.29, 1.82) is 0 Å². The molecular formula is C16H16N2OS2. The predicted octanol–water partition coefficient (Wildman–Crippen LogP) is 3.25. The molecule has 2 heterocycles. The van der Waals surface area contributed by atoms with Gasteiger partial charge in [0.1, 0.15) is 10.3 Å². The highest BCUT2D eigenvalue weighted by molar-refractivity contribution is 7.99. The third kappa shape index (κ3) is 2.54. The molecule has 0 radical (unpaired) electrons. The van der Waals surface area contributed by atoms with Gasteiger partial charge in [-0.3, -0.25) is 4.79 Å². The molecule has 0 N–H and O–H groups in total. The third-order valence-corrected chi connectivity index (χ3v) is 5.79. The average Bonchev–Trinajstić information content (AvgIpc) is 2.84. The van der Waals surface area contributed by atoms with Crippen molar-refractivity contribution in [2.24, 2.45) is 0 Å². The predicted molar refractivity (Wildman–Crippen MR) is 90.3 cm³/mol. The number of imidazole rings is 1. The second kappa shape index (κ2) is 6.08. The molecule has 0 amide bonds. The first kappa shape index (κ1) is 14.4. The number of allylic oxidation sites excluding steroid dienone is 1. The van der Waals surface area contributed by atoms with E-state index in [1.807, 2.05) is 6.08 Å². The Morgan fingerprint density at radius 3 is 3.05 bits per heavy atom. The lowest BCUT2D eigenvalue weighted by molar-refractivity contribution is 0.692. The normalized spacial score (nSPS) is 13.9. The molecule has 3 rings (SSSR count). The maximum Gasteiger partial charge on any atom is 0.211 e. The summed E-state index contributed by atoms with van der Waals surface area (Å²) in [6.07, 6.45) is 11.3. The number of rotatable bonds is 4. The van der Waals surface area contributed by atoms with Crippen LogP contribution in [0.4, 0.5) is 0 Å². The van der Waals surface area contributed by atoms with E-state index in [-0.39, 0.29) is 5.43 Å². The molecular weight excluding hydrogens is 300 g/mol. The van der Waals surface area contributed by atoms with E-state index >= 15 is 0 Å². The number of terminal acetylenes is 1. The van der Waals surface area contributed by atoms with Crippen molar-refractivity contribution in [1.82, 2.24) is 9.55 Å². The minimum Gasteiger partial charge on any atom is -0.307 e. The molecule has 5 heteroatoms. The van der Waals surface area contributed by atoms with Crippen LogP contribution >= 0.6 is 23.1 Å². The van der Waals surface area contributed by atoms with Gasteiger partial charge in [-0.2, -0.15) is 0 Å². The molecule has 21 heavy (non-hydrogen) atoms. The summed E-state index contributed by atoms with van der Waals surface area (Å²) in [5.74, 6) is 3.16. The highest BCUT2D eigenvalue weighted by Crippen LogP contribution is 2.31. The lowest BCUT2D eigenvalue weighted by Crippen LogP contribution is -2.15. The van der Waals surface area contributed by atoms with Crippen LogP contribution in [-0.4, -0.2) is 15.3 Å². The smallest absolute Gasteiger partial charge is 0.211 e. The van der Waals surface area contributed by atoms with E-state index in [9.17, 15) is 4.79 Å². The van der Waals surface area contributed by atoms with Crippen molar-refractivity contribution in [3.63, 3.8) is 0 Å². The molecule has 0 bridgehead atoms. The maximum absolute atomic E-state index is 12.7. The van der Waals surface area contributed by atoms with E-state index in [1.165, 1.54) is 23.1 Å². The molecule has 0 aliphatic heterocycles. The van der Waals surface area contributed by atoms with Crippen molar-refractivity contribution >= 4 is 33.4 Å². The molecule has 0 spiro atoms. The lowest BCUT2D eigenvalue weighted by atomic mass is 9.98. The summed E-state index contributed by atoms with van der Waals surface area (Å²) in [6.45, 7) is 4.45. The van der Waals surface area contributed by atoms with Crippen LogP contribution in [0.15, 0.2) is 22.6 Å². The van der Waals surface area contributed by atoms with Crippen LogP contribution in [0, 0.1) is 12.3 Å². The summed E-state index contributed by atoms with van der Waals surface area (Å²) < 4.78 is 2.06. The van der Waals surface area contributed by atoms with Crippen LogP contribution in [0.1, 0.15) is 23.3 Å². The molecule has 2 aromatic heterocycles. The number of thioether (sulfide) groups is 1. The van der Waals surface area contributed by atoms with Gasteiger partial charge in [0.15, 0.2) is 5.16 Å². The summed E-state index contributed by atoms with van der Waals surface area (Å²) in [4.78, 5) is 19.4. The Morgan fingerprint density at radius 2 is 2.29 bits per heavy atom. The second-order valence-corrected chi connectivity index (χ2v) is 7.01. The van der Waals surface area contributed by atoms with E-state index in [0.717, 1.165) is 34.8 Å². The van der Waals surface area contributed by atoms with Crippen LogP contribution in [0.25, 0.3) is 10.3 Å². The molecule has 3 nitrogen and oxygen atoms in total. The largest absolute Gasteiger partial charge is 0.307 e. The molecule has 2 aromatic rings. The summed E-state index contributed by atoms with van der Waals surface area (Å²) in [6, 6.07) is 0. The summed E-state index contributed by atoms with van der Waals surface area (Å²) in [7, 11) is 0. The SMILES string of the molecule is C#CCSc1nc2c(=O)c3c(sc2n1CC=C)CCCC3. The number of nitrogens with zero attached hydrogens (tertiary/aromatic N) is 2. The highest BCUT2D eigenvalue weighted by Gasteiger charge is 2.21. The second-order valence-electron chi connectivity index (χ2n) is 4.98. The van der Waals surface area contributed by atoms with Crippen molar-refractivity contribution in [3.8, 4) is 12.3 Å². The Morgan fingerprint density at radius 1 is 1.48 bits per heavy atom. The minimum atomic E-state index is 0.115. The first-order valence-electron chi connectivity index (χ1n) is 6.98. The zero-order chi connectivity index (χ0) is 14.8. The number of aromatic nitrogens is 2. The fourth-order valence-electron chi connectivity index (χ4n) is 2.67. The van der Waals surface area contributed by atoms with Gasteiger partial charge in [-0.25, -0.2) is 4.98 Å². The molecule has 0 saturated heterocycles. The van der Waals surface area contributed by atoms with Crippen molar-refractivity contribution in [2.75, 3.05) is 5.75 Å². The zero-order valence-electron chi connectivity index (χ0n) is 11.7. The van der Waals surface area contributed by atoms with Crippen molar-refractivity contribution in [3.05, 3.63) is 33.3 Å². The van der Waals surface area contributed by atoms with Crippen LogP contribution in [0.5, 0.6) is 0 Å². The van der Waals surface area contributed by atoms with Gasteiger partial charge >= 0.3 is 0 Å². The van der Waals surface area contributed by atoms with Gasteiger partial charge in [-0.05, 0) is 25.7 Å². The van der Waals surface area contributed by atoms with Gasteiger partial charge in [0.05, 0.1) is 5.75 Å². The maximum atomic E-state index is 12.7. The number of aryl methyl sites for hydroxylation is 1. The number of hydrogen-bond acceptors (Lipinski definition) is 4.